The molecule has 0 amide bonds. The summed E-state index contributed by atoms with van der Waals surface area (Å²) in [5.41, 5.74) is 3.46. The average molecular weight is 299 g/mol. The minimum Gasteiger partial charge on any atom is -0.482 e. The molecule has 0 atom stereocenters. The van der Waals surface area contributed by atoms with Gasteiger partial charge >= 0.3 is 0 Å². The second-order valence-electron chi connectivity index (χ2n) is 6.50. The van der Waals surface area contributed by atoms with Crippen molar-refractivity contribution < 1.29 is 4.74 Å². The van der Waals surface area contributed by atoms with E-state index in [1.54, 1.807) is 0 Å². The first kappa shape index (κ1) is 14.6. The summed E-state index contributed by atoms with van der Waals surface area (Å²) >= 11 is 3.31. The predicted octanol–water partition coefficient (Wildman–Crippen LogP) is 5.01. The molecular formula is C15H23BrO. The molecule has 1 nitrogen and oxygen atoms in total. The van der Waals surface area contributed by atoms with Crippen LogP contribution in [-0.2, 0) is 10.8 Å². The fourth-order valence-electron chi connectivity index (χ4n) is 1.61. The molecule has 0 bridgehead atoms. The summed E-state index contributed by atoms with van der Waals surface area (Å²) in [5, 5.41) is 0. The Morgan fingerprint density at radius 2 is 1.29 bits per heavy atom. The van der Waals surface area contributed by atoms with Crippen molar-refractivity contribution in [1.29, 1.82) is 0 Å². The van der Waals surface area contributed by atoms with Crippen LogP contribution < -0.4 is 4.74 Å². The largest absolute Gasteiger partial charge is 0.482 e. The molecule has 0 fully saturated rings. The van der Waals surface area contributed by atoms with E-state index in [1.807, 2.05) is 0 Å². The van der Waals surface area contributed by atoms with Crippen molar-refractivity contribution in [3.8, 4) is 5.75 Å². The molecule has 0 heterocycles. The van der Waals surface area contributed by atoms with Crippen LogP contribution >= 0.6 is 15.9 Å². The van der Waals surface area contributed by atoms with Gasteiger partial charge < -0.3 is 4.74 Å². The van der Waals surface area contributed by atoms with Gasteiger partial charge in [-0.15, -0.1) is 0 Å². The summed E-state index contributed by atoms with van der Waals surface area (Å²) < 4.78 is 5.59. The molecule has 0 N–H and O–H groups in total. The fraction of sp³-hybridized carbons (Fsp3) is 0.600. The number of hydrogen-bond donors (Lipinski definition) is 0. The Bertz CT molecular complexity index is 351. The third-order valence-corrected chi connectivity index (χ3v) is 3.09. The van der Waals surface area contributed by atoms with Crippen LogP contribution in [0.4, 0.5) is 0 Å². The van der Waals surface area contributed by atoms with Gasteiger partial charge in [-0.3, -0.25) is 0 Å². The normalized spacial score (nSPS) is 12.6. The van der Waals surface area contributed by atoms with E-state index in [9.17, 15) is 0 Å². The zero-order valence-electron chi connectivity index (χ0n) is 11.7. The molecule has 0 unspecified atom stereocenters. The Kier molecular flexibility index (Phi) is 4.29. The quantitative estimate of drug-likeness (QED) is 0.697. The van der Waals surface area contributed by atoms with Gasteiger partial charge in [0, 0.05) is 0 Å². The van der Waals surface area contributed by atoms with Crippen molar-refractivity contribution in [2.45, 2.75) is 52.4 Å². The Labute approximate surface area is 114 Å². The molecule has 0 aliphatic heterocycles. The lowest BCUT2D eigenvalue weighted by atomic mass is 9.80. The molecule has 96 valence electrons. The molecule has 0 aromatic heterocycles. The Morgan fingerprint density at radius 1 is 0.882 bits per heavy atom. The molecule has 1 aromatic carbocycles. The number of ether oxygens (including phenoxy) is 1. The van der Waals surface area contributed by atoms with Crippen molar-refractivity contribution in [1.82, 2.24) is 0 Å². The molecule has 1 rings (SSSR count). The van der Waals surface area contributed by atoms with E-state index in [2.05, 4.69) is 75.7 Å². The van der Waals surface area contributed by atoms with Gasteiger partial charge in [0.1, 0.15) is 11.3 Å². The van der Waals surface area contributed by atoms with Gasteiger partial charge in [0.05, 0.1) is 0 Å². The predicted molar refractivity (Wildman–Crippen MR) is 78.3 cm³/mol. The maximum absolute atomic E-state index is 5.59. The third-order valence-electron chi connectivity index (χ3n) is 2.86. The molecule has 0 aliphatic rings. The van der Waals surface area contributed by atoms with Crippen LogP contribution in [0.25, 0.3) is 0 Å². The maximum Gasteiger partial charge on any atom is 0.143 e. The van der Waals surface area contributed by atoms with Crippen molar-refractivity contribution in [2.24, 2.45) is 0 Å². The molecule has 0 saturated heterocycles. The van der Waals surface area contributed by atoms with Crippen LogP contribution in [0.1, 0.15) is 52.7 Å². The first-order valence-electron chi connectivity index (χ1n) is 5.99. The van der Waals surface area contributed by atoms with Gasteiger partial charge in [-0.25, -0.2) is 0 Å². The van der Waals surface area contributed by atoms with Crippen molar-refractivity contribution in [3.63, 3.8) is 0 Å². The minimum atomic E-state index is 0.145. The first-order chi connectivity index (χ1) is 7.64. The zero-order valence-corrected chi connectivity index (χ0v) is 13.3. The fourth-order valence-corrected chi connectivity index (χ4v) is 1.88. The highest BCUT2D eigenvalue weighted by Gasteiger charge is 2.20. The SMILES string of the molecule is CC(C)(C)c1cc(OCBr)cc(C(C)(C)C)c1. The van der Waals surface area contributed by atoms with Gasteiger partial charge in [0.15, 0.2) is 0 Å². The van der Waals surface area contributed by atoms with Crippen LogP contribution in [0, 0.1) is 0 Å². The van der Waals surface area contributed by atoms with Crippen molar-refractivity contribution >= 4 is 15.9 Å². The Morgan fingerprint density at radius 3 is 1.59 bits per heavy atom. The molecule has 0 saturated carbocycles. The lowest BCUT2D eigenvalue weighted by Crippen LogP contribution is -2.16. The topological polar surface area (TPSA) is 9.23 Å². The van der Waals surface area contributed by atoms with E-state index < -0.39 is 0 Å². The molecule has 0 aliphatic carbocycles. The van der Waals surface area contributed by atoms with Gasteiger partial charge in [0.25, 0.3) is 0 Å². The third kappa shape index (κ3) is 4.02. The highest BCUT2D eigenvalue weighted by molar-refractivity contribution is 9.09. The summed E-state index contributed by atoms with van der Waals surface area (Å²) in [7, 11) is 0. The van der Waals surface area contributed by atoms with Crippen LogP contribution in [0.15, 0.2) is 18.2 Å². The maximum atomic E-state index is 5.59. The van der Waals surface area contributed by atoms with E-state index in [0.29, 0.717) is 5.52 Å². The number of alkyl halides is 1. The minimum absolute atomic E-state index is 0.145. The highest BCUT2D eigenvalue weighted by atomic mass is 79.9. The van der Waals surface area contributed by atoms with Crippen LogP contribution in [0.5, 0.6) is 5.75 Å². The average Bonchev–Trinajstić information content (AvgIpc) is 2.15. The van der Waals surface area contributed by atoms with E-state index in [4.69, 9.17) is 4.74 Å². The van der Waals surface area contributed by atoms with Crippen LogP contribution in [-0.4, -0.2) is 5.52 Å². The molecular weight excluding hydrogens is 276 g/mol. The summed E-state index contributed by atoms with van der Waals surface area (Å²) in [4.78, 5) is 0. The first-order valence-corrected chi connectivity index (χ1v) is 7.11. The summed E-state index contributed by atoms with van der Waals surface area (Å²) in [6, 6.07) is 6.56. The van der Waals surface area contributed by atoms with Gasteiger partial charge in [-0.05, 0) is 50.0 Å². The monoisotopic (exact) mass is 298 g/mol. The van der Waals surface area contributed by atoms with Crippen molar-refractivity contribution in [3.05, 3.63) is 29.3 Å². The van der Waals surface area contributed by atoms with Gasteiger partial charge in [-0.2, -0.15) is 0 Å². The summed E-state index contributed by atoms with van der Waals surface area (Å²) in [6.07, 6.45) is 0. The van der Waals surface area contributed by atoms with E-state index in [1.165, 1.54) is 11.1 Å². The second-order valence-corrected chi connectivity index (χ2v) is 6.96. The van der Waals surface area contributed by atoms with E-state index >= 15 is 0 Å². The van der Waals surface area contributed by atoms with Crippen LogP contribution in [0.3, 0.4) is 0 Å². The Balaban J connectivity index is 3.29. The highest BCUT2D eigenvalue weighted by Crippen LogP contribution is 2.32. The smallest absolute Gasteiger partial charge is 0.143 e. The molecule has 0 radical (unpaired) electrons. The van der Waals surface area contributed by atoms with Gasteiger partial charge in [0.2, 0.25) is 0 Å². The molecule has 2 heteroatoms. The van der Waals surface area contributed by atoms with E-state index in [-0.39, 0.29) is 10.8 Å². The number of benzene rings is 1. The number of rotatable bonds is 2. The number of halogens is 1. The molecule has 17 heavy (non-hydrogen) atoms. The summed E-state index contributed by atoms with van der Waals surface area (Å²) in [5.74, 6) is 0.944. The number of hydrogen-bond acceptors (Lipinski definition) is 1. The molecule has 0 spiro atoms. The van der Waals surface area contributed by atoms with Crippen LogP contribution in [0.2, 0.25) is 0 Å². The lowest BCUT2D eigenvalue weighted by Gasteiger charge is -2.26. The molecule has 1 aromatic rings. The summed E-state index contributed by atoms with van der Waals surface area (Å²) in [6.45, 7) is 13.4. The van der Waals surface area contributed by atoms with Gasteiger partial charge in [-0.1, -0.05) is 47.6 Å². The lowest BCUT2D eigenvalue weighted by molar-refractivity contribution is 0.394. The van der Waals surface area contributed by atoms with Crippen molar-refractivity contribution in [2.75, 3.05) is 5.52 Å². The Hall–Kier alpha value is -0.500. The second kappa shape index (κ2) is 5.01. The van der Waals surface area contributed by atoms with E-state index in [0.717, 1.165) is 5.75 Å². The zero-order chi connectivity index (χ0) is 13.3. The standard InChI is InChI=1S/C15H23BrO/c1-14(2,3)11-7-12(15(4,5)6)9-13(8-11)17-10-16/h7-9H,10H2,1-6H3.